The van der Waals surface area contributed by atoms with Crippen molar-refractivity contribution in [2.45, 2.75) is 38.1 Å². The quantitative estimate of drug-likeness (QED) is 0.861. The first kappa shape index (κ1) is 18.4. The summed E-state index contributed by atoms with van der Waals surface area (Å²) in [4.78, 5) is 12.6. The summed E-state index contributed by atoms with van der Waals surface area (Å²) >= 11 is 6.02. The number of carbonyl (C=O) groups is 1. The number of benzene rings is 1. The van der Waals surface area contributed by atoms with Gasteiger partial charge in [-0.2, -0.15) is 0 Å². The number of fused-ring (bicyclic) bond motifs is 2. The average molecular weight is 359 g/mol. The molecule has 6 heteroatoms. The van der Waals surface area contributed by atoms with Gasteiger partial charge < -0.3 is 15.8 Å². The van der Waals surface area contributed by atoms with Gasteiger partial charge in [0.25, 0.3) is 0 Å². The lowest BCUT2D eigenvalue weighted by molar-refractivity contribution is -0.122. The molecule has 1 aromatic rings. The first-order valence-corrected chi connectivity index (χ1v) is 8.36. The van der Waals surface area contributed by atoms with Gasteiger partial charge in [0.2, 0.25) is 5.91 Å². The van der Waals surface area contributed by atoms with Gasteiger partial charge in [-0.3, -0.25) is 4.79 Å². The van der Waals surface area contributed by atoms with Crippen LogP contribution in [0.3, 0.4) is 0 Å². The number of amides is 1. The second-order valence-corrected chi connectivity index (χ2v) is 6.97. The number of methoxy groups -OCH3 is 1. The van der Waals surface area contributed by atoms with Gasteiger partial charge >= 0.3 is 0 Å². The third-order valence-corrected chi connectivity index (χ3v) is 5.44. The van der Waals surface area contributed by atoms with E-state index in [9.17, 15) is 4.79 Å². The smallest absolute Gasteiger partial charge is 0.227 e. The number of ether oxygens (including phenoxy) is 1. The van der Waals surface area contributed by atoms with Crippen LogP contribution in [0.5, 0.6) is 5.75 Å². The van der Waals surface area contributed by atoms with Crippen molar-refractivity contribution < 1.29 is 9.53 Å². The van der Waals surface area contributed by atoms with E-state index in [0.29, 0.717) is 28.3 Å². The molecule has 3 N–H and O–H groups in total. The fourth-order valence-corrected chi connectivity index (χ4v) is 4.19. The lowest BCUT2D eigenvalue weighted by Gasteiger charge is -2.43. The Hall–Kier alpha value is -0.970. The molecule has 23 heavy (non-hydrogen) atoms. The van der Waals surface area contributed by atoms with Crippen LogP contribution in [0.15, 0.2) is 18.2 Å². The maximum Gasteiger partial charge on any atom is 0.227 e. The van der Waals surface area contributed by atoms with Crippen LogP contribution < -0.4 is 15.8 Å². The Morgan fingerprint density at radius 1 is 1.30 bits per heavy atom. The number of nitrogens with one attached hydrogen (secondary N) is 1. The number of rotatable bonds is 3. The van der Waals surface area contributed by atoms with E-state index >= 15 is 0 Å². The van der Waals surface area contributed by atoms with Crippen molar-refractivity contribution in [3.8, 4) is 5.75 Å². The van der Waals surface area contributed by atoms with Crippen LogP contribution in [-0.2, 0) is 4.79 Å². The number of carbonyl (C=O) groups excluding carboxylic acids is 1. The average Bonchev–Trinajstić information content (AvgIpc) is 2.47. The molecule has 4 nitrogen and oxygen atoms in total. The van der Waals surface area contributed by atoms with Crippen LogP contribution in [0.2, 0.25) is 5.02 Å². The molecule has 0 saturated heterocycles. The van der Waals surface area contributed by atoms with Crippen LogP contribution in [0.25, 0.3) is 0 Å². The van der Waals surface area contributed by atoms with Crippen LogP contribution in [0, 0.1) is 17.8 Å². The van der Waals surface area contributed by atoms with E-state index in [1.54, 1.807) is 25.3 Å². The number of nitrogens with two attached hydrogens (primary N) is 1. The SMILES string of the molecule is COc1ccc(Cl)cc1NC(=O)C1CC2CCCC(C1)C2N.Cl. The Bertz CT molecular complexity index is 554. The highest BCUT2D eigenvalue weighted by molar-refractivity contribution is 6.31. The highest BCUT2D eigenvalue weighted by Gasteiger charge is 2.40. The summed E-state index contributed by atoms with van der Waals surface area (Å²) in [6.45, 7) is 0. The first-order valence-electron chi connectivity index (χ1n) is 7.98. The minimum Gasteiger partial charge on any atom is -0.495 e. The van der Waals surface area contributed by atoms with E-state index in [4.69, 9.17) is 22.1 Å². The summed E-state index contributed by atoms with van der Waals surface area (Å²) in [7, 11) is 1.59. The highest BCUT2D eigenvalue weighted by atomic mass is 35.5. The summed E-state index contributed by atoms with van der Waals surface area (Å²) in [5.74, 6) is 1.71. The van der Waals surface area contributed by atoms with E-state index in [0.717, 1.165) is 25.7 Å². The van der Waals surface area contributed by atoms with Crippen molar-refractivity contribution in [3.63, 3.8) is 0 Å². The molecule has 2 aliphatic carbocycles. The van der Waals surface area contributed by atoms with Gasteiger partial charge in [-0.05, 0) is 55.7 Å². The Kier molecular flexibility index (Phi) is 6.18. The molecule has 2 saturated carbocycles. The zero-order valence-electron chi connectivity index (χ0n) is 13.3. The van der Waals surface area contributed by atoms with Gasteiger partial charge in [0.1, 0.15) is 5.75 Å². The van der Waals surface area contributed by atoms with Crippen molar-refractivity contribution in [1.29, 1.82) is 0 Å². The third-order valence-electron chi connectivity index (χ3n) is 5.20. The van der Waals surface area contributed by atoms with Crippen LogP contribution >= 0.6 is 24.0 Å². The van der Waals surface area contributed by atoms with Crippen LogP contribution in [0.1, 0.15) is 32.1 Å². The van der Waals surface area contributed by atoms with Crippen LogP contribution in [-0.4, -0.2) is 19.1 Å². The van der Waals surface area contributed by atoms with E-state index < -0.39 is 0 Å². The molecule has 1 aromatic carbocycles. The van der Waals surface area contributed by atoms with Crippen molar-refractivity contribution >= 4 is 35.6 Å². The maximum atomic E-state index is 12.6. The lowest BCUT2D eigenvalue weighted by Crippen LogP contribution is -2.48. The molecular weight excluding hydrogens is 335 g/mol. The molecule has 2 aliphatic rings. The van der Waals surface area contributed by atoms with E-state index in [2.05, 4.69) is 5.32 Å². The molecule has 2 bridgehead atoms. The second kappa shape index (κ2) is 7.73. The number of hydrogen-bond donors (Lipinski definition) is 2. The molecule has 1 amide bonds. The predicted octanol–water partition coefficient (Wildman–Crippen LogP) is 3.86. The summed E-state index contributed by atoms with van der Waals surface area (Å²) in [6, 6.07) is 5.52. The molecule has 2 atom stereocenters. The number of anilines is 1. The lowest BCUT2D eigenvalue weighted by atomic mass is 9.65. The van der Waals surface area contributed by atoms with Gasteiger partial charge in [-0.1, -0.05) is 18.0 Å². The van der Waals surface area contributed by atoms with E-state index in [1.165, 1.54) is 6.42 Å². The predicted molar refractivity (Wildman–Crippen MR) is 95.4 cm³/mol. The summed E-state index contributed by atoms with van der Waals surface area (Å²) in [5, 5.41) is 3.57. The standard InChI is InChI=1S/C17H23ClN2O2.ClH/c1-22-15-6-5-13(18)9-14(15)20-17(21)12-7-10-3-2-4-11(8-12)16(10)19;/h5-6,9-12,16H,2-4,7-8,19H2,1H3,(H,20,21);1H. The monoisotopic (exact) mass is 358 g/mol. The fraction of sp³-hybridized carbons (Fsp3) is 0.588. The molecule has 0 heterocycles. The van der Waals surface area contributed by atoms with Crippen molar-refractivity contribution in [3.05, 3.63) is 23.2 Å². The Morgan fingerprint density at radius 3 is 2.57 bits per heavy atom. The molecule has 0 aliphatic heterocycles. The second-order valence-electron chi connectivity index (χ2n) is 6.53. The molecule has 2 unspecified atom stereocenters. The number of halogens is 2. The molecule has 0 radical (unpaired) electrons. The molecule has 0 spiro atoms. The Balaban J connectivity index is 0.00000192. The van der Waals surface area contributed by atoms with Gasteiger partial charge in [0.15, 0.2) is 0 Å². The maximum absolute atomic E-state index is 12.6. The van der Waals surface area contributed by atoms with Crippen molar-refractivity contribution in [2.75, 3.05) is 12.4 Å². The van der Waals surface area contributed by atoms with Gasteiger partial charge in [0, 0.05) is 17.0 Å². The molecular formula is C17H24Cl2N2O2. The van der Waals surface area contributed by atoms with E-state index in [-0.39, 0.29) is 30.3 Å². The van der Waals surface area contributed by atoms with Crippen molar-refractivity contribution in [2.24, 2.45) is 23.5 Å². The third kappa shape index (κ3) is 3.93. The van der Waals surface area contributed by atoms with Crippen LogP contribution in [0.4, 0.5) is 5.69 Å². The Labute approximate surface area is 148 Å². The van der Waals surface area contributed by atoms with Gasteiger partial charge in [-0.15, -0.1) is 12.4 Å². The topological polar surface area (TPSA) is 64.3 Å². The summed E-state index contributed by atoms with van der Waals surface area (Å²) < 4.78 is 5.29. The highest BCUT2D eigenvalue weighted by Crippen LogP contribution is 2.42. The first-order chi connectivity index (χ1) is 10.6. The molecule has 128 valence electrons. The zero-order chi connectivity index (χ0) is 15.7. The molecule has 2 fully saturated rings. The van der Waals surface area contributed by atoms with Crippen molar-refractivity contribution in [1.82, 2.24) is 0 Å². The largest absolute Gasteiger partial charge is 0.495 e. The molecule has 3 rings (SSSR count). The molecule has 0 aromatic heterocycles. The summed E-state index contributed by atoms with van der Waals surface area (Å²) in [5.41, 5.74) is 6.93. The minimum absolute atomic E-state index is 0. The fourth-order valence-electron chi connectivity index (χ4n) is 4.02. The number of hydrogen-bond acceptors (Lipinski definition) is 3. The van der Waals surface area contributed by atoms with Gasteiger partial charge in [-0.25, -0.2) is 0 Å². The van der Waals surface area contributed by atoms with E-state index in [1.807, 2.05) is 0 Å². The Morgan fingerprint density at radius 2 is 1.96 bits per heavy atom. The zero-order valence-corrected chi connectivity index (χ0v) is 14.8. The normalized spacial score (nSPS) is 29.3. The summed E-state index contributed by atoms with van der Waals surface area (Å²) in [6.07, 6.45) is 5.35. The minimum atomic E-state index is 0. The van der Waals surface area contributed by atoms with Gasteiger partial charge in [0.05, 0.1) is 12.8 Å².